The average molecular weight is 209 g/mol. The Bertz CT molecular complexity index is 324. The van der Waals surface area contributed by atoms with E-state index in [-0.39, 0.29) is 6.04 Å². The van der Waals surface area contributed by atoms with Crippen LogP contribution in [0.5, 0.6) is 5.75 Å². The van der Waals surface area contributed by atoms with Gasteiger partial charge in [0.2, 0.25) is 0 Å². The summed E-state index contributed by atoms with van der Waals surface area (Å²) in [6.45, 7) is 5.71. The molecule has 0 spiro atoms. The fraction of sp³-hybridized carbons (Fsp3) is 0.500. The second-order valence-electron chi connectivity index (χ2n) is 3.99. The number of hydrogen-bond donors (Lipinski definition) is 2. The van der Waals surface area contributed by atoms with E-state index in [4.69, 9.17) is 10.5 Å². The van der Waals surface area contributed by atoms with Crippen molar-refractivity contribution < 1.29 is 9.84 Å². The van der Waals surface area contributed by atoms with Gasteiger partial charge in [0.1, 0.15) is 5.75 Å². The molecule has 15 heavy (non-hydrogen) atoms. The zero-order valence-electron chi connectivity index (χ0n) is 9.74. The van der Waals surface area contributed by atoms with Crippen LogP contribution in [0.2, 0.25) is 0 Å². The SMILES string of the molecule is COc1c(C)cc([C@@H](O)[C@H](C)N)cc1C. The lowest BCUT2D eigenvalue weighted by molar-refractivity contribution is 0.153. The van der Waals surface area contributed by atoms with E-state index >= 15 is 0 Å². The molecule has 0 unspecified atom stereocenters. The van der Waals surface area contributed by atoms with Crippen molar-refractivity contribution in [2.75, 3.05) is 7.11 Å². The van der Waals surface area contributed by atoms with Gasteiger partial charge in [-0.3, -0.25) is 0 Å². The Morgan fingerprint density at radius 3 is 2.07 bits per heavy atom. The summed E-state index contributed by atoms with van der Waals surface area (Å²) in [4.78, 5) is 0. The topological polar surface area (TPSA) is 55.5 Å². The van der Waals surface area contributed by atoms with Gasteiger partial charge >= 0.3 is 0 Å². The quantitative estimate of drug-likeness (QED) is 0.796. The number of rotatable bonds is 3. The molecule has 3 nitrogen and oxygen atoms in total. The van der Waals surface area contributed by atoms with Crippen molar-refractivity contribution in [3.8, 4) is 5.75 Å². The molecule has 0 aliphatic rings. The second kappa shape index (κ2) is 4.64. The first-order chi connectivity index (χ1) is 6.97. The maximum absolute atomic E-state index is 9.84. The summed E-state index contributed by atoms with van der Waals surface area (Å²) in [7, 11) is 1.65. The number of hydrogen-bond acceptors (Lipinski definition) is 3. The Morgan fingerprint density at radius 2 is 1.73 bits per heavy atom. The van der Waals surface area contributed by atoms with E-state index in [0.717, 1.165) is 22.4 Å². The first-order valence-corrected chi connectivity index (χ1v) is 5.06. The van der Waals surface area contributed by atoms with Crippen molar-refractivity contribution in [1.29, 1.82) is 0 Å². The van der Waals surface area contributed by atoms with E-state index in [9.17, 15) is 5.11 Å². The Morgan fingerprint density at radius 1 is 1.27 bits per heavy atom. The number of aryl methyl sites for hydroxylation is 2. The van der Waals surface area contributed by atoms with E-state index in [0.29, 0.717) is 0 Å². The second-order valence-corrected chi connectivity index (χ2v) is 3.99. The van der Waals surface area contributed by atoms with Gasteiger partial charge in [0.15, 0.2) is 0 Å². The largest absolute Gasteiger partial charge is 0.496 e. The Balaban J connectivity index is 3.14. The van der Waals surface area contributed by atoms with Crippen LogP contribution in [0.25, 0.3) is 0 Å². The van der Waals surface area contributed by atoms with Gasteiger partial charge in [-0.1, -0.05) is 0 Å². The molecule has 0 aliphatic heterocycles. The van der Waals surface area contributed by atoms with Gasteiger partial charge in [-0.05, 0) is 49.6 Å². The van der Waals surface area contributed by atoms with Gasteiger partial charge < -0.3 is 15.6 Å². The number of nitrogens with two attached hydrogens (primary N) is 1. The van der Waals surface area contributed by atoms with Crippen molar-refractivity contribution >= 4 is 0 Å². The normalized spacial score (nSPS) is 14.8. The summed E-state index contributed by atoms with van der Waals surface area (Å²) >= 11 is 0. The van der Waals surface area contributed by atoms with Crippen molar-refractivity contribution in [1.82, 2.24) is 0 Å². The van der Waals surface area contributed by atoms with Crippen molar-refractivity contribution in [3.05, 3.63) is 28.8 Å². The Labute approximate surface area is 90.9 Å². The summed E-state index contributed by atoms with van der Waals surface area (Å²) in [5, 5.41) is 9.84. The first kappa shape index (κ1) is 12.0. The van der Waals surface area contributed by atoms with Gasteiger partial charge in [-0.15, -0.1) is 0 Å². The highest BCUT2D eigenvalue weighted by Crippen LogP contribution is 2.27. The number of benzene rings is 1. The molecule has 1 rings (SSSR count). The van der Waals surface area contributed by atoms with Crippen LogP contribution in [-0.2, 0) is 0 Å². The molecule has 0 aromatic heterocycles. The summed E-state index contributed by atoms with van der Waals surface area (Å²) in [5.74, 6) is 0.871. The van der Waals surface area contributed by atoms with Crippen molar-refractivity contribution in [2.24, 2.45) is 5.73 Å². The highest BCUT2D eigenvalue weighted by Gasteiger charge is 2.15. The molecule has 84 valence electrons. The summed E-state index contributed by atoms with van der Waals surface area (Å²) in [6, 6.07) is 3.57. The van der Waals surface area contributed by atoms with E-state index in [2.05, 4.69) is 0 Å². The van der Waals surface area contributed by atoms with Crippen molar-refractivity contribution in [2.45, 2.75) is 32.9 Å². The zero-order chi connectivity index (χ0) is 11.6. The molecule has 0 aliphatic carbocycles. The zero-order valence-corrected chi connectivity index (χ0v) is 9.74. The van der Waals surface area contributed by atoms with Gasteiger partial charge in [-0.25, -0.2) is 0 Å². The molecule has 0 bridgehead atoms. The molecule has 0 heterocycles. The lowest BCUT2D eigenvalue weighted by Gasteiger charge is -2.18. The monoisotopic (exact) mass is 209 g/mol. The van der Waals surface area contributed by atoms with E-state index in [1.54, 1.807) is 14.0 Å². The maximum Gasteiger partial charge on any atom is 0.124 e. The predicted molar refractivity (Wildman–Crippen MR) is 61.1 cm³/mol. The Hall–Kier alpha value is -1.06. The van der Waals surface area contributed by atoms with E-state index < -0.39 is 6.10 Å². The molecule has 0 saturated heterocycles. The smallest absolute Gasteiger partial charge is 0.124 e. The summed E-state index contributed by atoms with van der Waals surface area (Å²) in [5.41, 5.74) is 8.55. The first-order valence-electron chi connectivity index (χ1n) is 5.06. The fourth-order valence-electron chi connectivity index (χ4n) is 1.78. The van der Waals surface area contributed by atoms with Crippen LogP contribution in [0, 0.1) is 13.8 Å². The highest BCUT2D eigenvalue weighted by molar-refractivity contribution is 5.44. The number of aliphatic hydroxyl groups is 1. The summed E-state index contributed by atoms with van der Waals surface area (Å²) < 4.78 is 5.26. The van der Waals surface area contributed by atoms with E-state index in [1.165, 1.54) is 0 Å². The molecule has 0 amide bonds. The van der Waals surface area contributed by atoms with Gasteiger partial charge in [0.25, 0.3) is 0 Å². The third kappa shape index (κ3) is 2.49. The predicted octanol–water partition coefficient (Wildman–Crippen LogP) is 1.69. The van der Waals surface area contributed by atoms with Crippen molar-refractivity contribution in [3.63, 3.8) is 0 Å². The van der Waals surface area contributed by atoms with Gasteiger partial charge in [0.05, 0.1) is 13.2 Å². The van der Waals surface area contributed by atoms with Crippen LogP contribution >= 0.6 is 0 Å². The standard InChI is InChI=1S/C12H19NO2/c1-7-5-10(11(14)9(3)13)6-8(2)12(7)15-4/h5-6,9,11,14H,13H2,1-4H3/t9-,11-/m0/s1. The molecule has 0 fully saturated rings. The van der Waals surface area contributed by atoms with Crippen LogP contribution in [0.3, 0.4) is 0 Å². The minimum atomic E-state index is -0.617. The molecule has 1 aromatic rings. The third-order valence-electron chi connectivity index (χ3n) is 2.53. The third-order valence-corrected chi connectivity index (χ3v) is 2.53. The molecule has 0 saturated carbocycles. The highest BCUT2D eigenvalue weighted by atomic mass is 16.5. The average Bonchev–Trinajstić information content (AvgIpc) is 2.15. The van der Waals surface area contributed by atoms with Crippen LogP contribution < -0.4 is 10.5 Å². The molecular weight excluding hydrogens is 190 g/mol. The van der Waals surface area contributed by atoms with E-state index in [1.807, 2.05) is 26.0 Å². The van der Waals surface area contributed by atoms with Crippen LogP contribution in [-0.4, -0.2) is 18.3 Å². The maximum atomic E-state index is 9.84. The number of methoxy groups -OCH3 is 1. The minimum absolute atomic E-state index is 0.266. The molecular formula is C12H19NO2. The number of ether oxygens (including phenoxy) is 1. The summed E-state index contributed by atoms with van der Waals surface area (Å²) in [6.07, 6.45) is -0.617. The molecule has 2 atom stereocenters. The molecule has 3 N–H and O–H groups in total. The van der Waals surface area contributed by atoms with Crippen LogP contribution in [0.1, 0.15) is 29.7 Å². The minimum Gasteiger partial charge on any atom is -0.496 e. The fourth-order valence-corrected chi connectivity index (χ4v) is 1.78. The lowest BCUT2D eigenvalue weighted by atomic mass is 9.98. The van der Waals surface area contributed by atoms with Crippen LogP contribution in [0.4, 0.5) is 0 Å². The lowest BCUT2D eigenvalue weighted by Crippen LogP contribution is -2.24. The van der Waals surface area contributed by atoms with Gasteiger partial charge in [0, 0.05) is 6.04 Å². The Kier molecular flexibility index (Phi) is 3.72. The van der Waals surface area contributed by atoms with Crippen LogP contribution in [0.15, 0.2) is 12.1 Å². The number of aliphatic hydroxyl groups excluding tert-OH is 1. The molecule has 1 aromatic carbocycles. The molecule has 3 heteroatoms. The molecule has 0 radical (unpaired) electrons. The van der Waals surface area contributed by atoms with Gasteiger partial charge in [-0.2, -0.15) is 0 Å².